The van der Waals surface area contributed by atoms with Crippen LogP contribution in [0.3, 0.4) is 0 Å². The first kappa shape index (κ1) is 16.4. The van der Waals surface area contributed by atoms with Crippen molar-refractivity contribution in [2.75, 3.05) is 4.72 Å². The van der Waals surface area contributed by atoms with Crippen molar-refractivity contribution in [1.82, 2.24) is 0 Å². The lowest BCUT2D eigenvalue weighted by atomic mass is 10.2. The molecule has 0 spiro atoms. The molecule has 0 fully saturated rings. The fraction of sp³-hybridized carbons (Fsp3) is 0. The average Bonchev–Trinajstić information content (AvgIpc) is 2.40. The summed E-state index contributed by atoms with van der Waals surface area (Å²) in [5, 5.41) is 0. The molecule has 0 bridgehead atoms. The van der Waals surface area contributed by atoms with Crippen molar-refractivity contribution in [3.8, 4) is 0 Å². The Labute approximate surface area is 145 Å². The van der Waals surface area contributed by atoms with Gasteiger partial charge < -0.3 is 5.73 Å². The summed E-state index contributed by atoms with van der Waals surface area (Å²) in [5.41, 5.74) is 6.60. The second kappa shape index (κ2) is 6.43. The van der Waals surface area contributed by atoms with Crippen molar-refractivity contribution >= 4 is 64.8 Å². The molecule has 0 heterocycles. The summed E-state index contributed by atoms with van der Waals surface area (Å²) < 4.78 is 28.4. The van der Waals surface area contributed by atoms with Gasteiger partial charge in [-0.2, -0.15) is 0 Å². The van der Waals surface area contributed by atoms with E-state index in [1.807, 2.05) is 0 Å². The second-order valence-corrected chi connectivity index (χ2v) is 8.01. The van der Waals surface area contributed by atoms with Gasteiger partial charge in [0.05, 0.1) is 10.6 Å². The summed E-state index contributed by atoms with van der Waals surface area (Å²) in [6, 6.07) is 11.4. The molecule has 110 valence electrons. The van der Waals surface area contributed by atoms with Gasteiger partial charge in [-0.05, 0) is 52.3 Å². The molecule has 8 heteroatoms. The zero-order valence-electron chi connectivity index (χ0n) is 10.5. The molecule has 0 saturated carbocycles. The van der Waals surface area contributed by atoms with Crippen LogP contribution in [0.15, 0.2) is 56.3 Å². The van der Waals surface area contributed by atoms with Gasteiger partial charge in [-0.25, -0.2) is 8.42 Å². The first-order chi connectivity index (χ1) is 9.79. The Morgan fingerprint density at radius 3 is 2.43 bits per heavy atom. The van der Waals surface area contributed by atoms with Crippen molar-refractivity contribution < 1.29 is 8.42 Å². The lowest BCUT2D eigenvalue weighted by Crippen LogP contribution is -2.14. The lowest BCUT2D eigenvalue weighted by Gasteiger charge is -2.11. The zero-order chi connectivity index (χ0) is 15.6. The average molecular weight is 450 g/mol. The molecule has 0 aliphatic carbocycles. The van der Waals surface area contributed by atoms with Gasteiger partial charge in [0, 0.05) is 14.5 Å². The molecule has 2 aromatic rings. The molecule has 0 amide bonds. The fourth-order valence-corrected chi connectivity index (χ4v) is 4.00. The van der Waals surface area contributed by atoms with Crippen LogP contribution in [0.5, 0.6) is 0 Å². The lowest BCUT2D eigenvalue weighted by molar-refractivity contribution is 0.601. The summed E-state index contributed by atoms with van der Waals surface area (Å²) >= 11 is 11.4. The van der Waals surface area contributed by atoms with Gasteiger partial charge in [0.15, 0.2) is 0 Å². The summed E-state index contributed by atoms with van der Waals surface area (Å²) in [4.78, 5) is 0.416. The van der Waals surface area contributed by atoms with Gasteiger partial charge in [0.2, 0.25) is 0 Å². The predicted molar refractivity (Wildman–Crippen MR) is 95.0 cm³/mol. The van der Waals surface area contributed by atoms with Gasteiger partial charge in [-0.1, -0.05) is 34.2 Å². The number of hydrogen-bond donors (Lipinski definition) is 2. The minimum absolute atomic E-state index is 0.169. The second-order valence-electron chi connectivity index (χ2n) is 4.12. The molecule has 0 atom stereocenters. The van der Waals surface area contributed by atoms with E-state index in [0.29, 0.717) is 20.2 Å². The highest BCUT2D eigenvalue weighted by Gasteiger charge is 2.16. The number of nitrogens with two attached hydrogens (primary N) is 1. The molecule has 2 aromatic carbocycles. The Morgan fingerprint density at radius 1 is 1.14 bits per heavy atom. The SMILES string of the molecule is NC(=S)c1ccc(NS(=O)(=O)c2cccc(Br)c2)c(Br)c1. The fourth-order valence-electron chi connectivity index (χ4n) is 1.59. The third-order valence-electron chi connectivity index (χ3n) is 2.60. The summed E-state index contributed by atoms with van der Waals surface area (Å²) in [6.07, 6.45) is 0. The van der Waals surface area contributed by atoms with Gasteiger partial charge in [-0.15, -0.1) is 0 Å². The number of hydrogen-bond acceptors (Lipinski definition) is 3. The number of anilines is 1. The van der Waals surface area contributed by atoms with Crippen LogP contribution >= 0.6 is 44.1 Å². The molecule has 0 saturated heterocycles. The minimum atomic E-state index is -3.67. The van der Waals surface area contributed by atoms with E-state index in [2.05, 4.69) is 36.6 Å². The van der Waals surface area contributed by atoms with E-state index in [0.717, 1.165) is 0 Å². The maximum Gasteiger partial charge on any atom is 0.261 e. The van der Waals surface area contributed by atoms with E-state index in [9.17, 15) is 8.42 Å². The van der Waals surface area contributed by atoms with Gasteiger partial charge >= 0.3 is 0 Å². The molecular weight excluding hydrogens is 440 g/mol. The van der Waals surface area contributed by atoms with Crippen molar-refractivity contribution in [1.29, 1.82) is 0 Å². The molecule has 0 aliphatic heterocycles. The summed E-state index contributed by atoms with van der Waals surface area (Å²) in [6.45, 7) is 0. The number of benzene rings is 2. The molecule has 4 nitrogen and oxygen atoms in total. The van der Waals surface area contributed by atoms with Crippen molar-refractivity contribution in [2.24, 2.45) is 5.73 Å². The maximum atomic E-state index is 12.3. The largest absolute Gasteiger partial charge is 0.389 e. The summed E-state index contributed by atoms with van der Waals surface area (Å²) in [7, 11) is -3.67. The highest BCUT2D eigenvalue weighted by molar-refractivity contribution is 9.10. The molecular formula is C13H10Br2N2O2S2. The van der Waals surface area contributed by atoms with E-state index in [1.165, 1.54) is 12.1 Å². The van der Waals surface area contributed by atoms with Crippen LogP contribution in [-0.2, 0) is 10.0 Å². The van der Waals surface area contributed by atoms with E-state index in [4.69, 9.17) is 18.0 Å². The van der Waals surface area contributed by atoms with Crippen molar-refractivity contribution in [2.45, 2.75) is 4.90 Å². The normalized spacial score (nSPS) is 11.1. The van der Waals surface area contributed by atoms with Crippen molar-refractivity contribution in [3.63, 3.8) is 0 Å². The molecule has 0 radical (unpaired) electrons. The summed E-state index contributed by atoms with van der Waals surface area (Å²) in [5.74, 6) is 0. The third kappa shape index (κ3) is 4.03. The number of halogens is 2. The van der Waals surface area contributed by atoms with E-state index >= 15 is 0 Å². The Morgan fingerprint density at radius 2 is 1.86 bits per heavy atom. The Balaban J connectivity index is 2.35. The predicted octanol–water partition coefficient (Wildman–Crippen LogP) is 3.65. The van der Waals surface area contributed by atoms with E-state index in [1.54, 1.807) is 30.3 Å². The van der Waals surface area contributed by atoms with E-state index < -0.39 is 10.0 Å². The number of rotatable bonds is 4. The third-order valence-corrected chi connectivity index (χ3v) is 5.35. The zero-order valence-corrected chi connectivity index (χ0v) is 15.3. The van der Waals surface area contributed by atoms with Crippen LogP contribution in [0.1, 0.15) is 5.56 Å². The highest BCUT2D eigenvalue weighted by Crippen LogP contribution is 2.27. The number of thiocarbonyl (C=S) groups is 1. The number of sulfonamides is 1. The number of nitrogens with one attached hydrogen (secondary N) is 1. The van der Waals surface area contributed by atoms with Gasteiger partial charge in [0.25, 0.3) is 10.0 Å². The smallest absolute Gasteiger partial charge is 0.261 e. The Hall–Kier alpha value is -0.960. The molecule has 0 unspecified atom stereocenters. The first-order valence-electron chi connectivity index (χ1n) is 5.67. The maximum absolute atomic E-state index is 12.3. The van der Waals surface area contributed by atoms with Gasteiger partial charge in [0.1, 0.15) is 4.99 Å². The first-order valence-corrected chi connectivity index (χ1v) is 9.15. The van der Waals surface area contributed by atoms with E-state index in [-0.39, 0.29) is 9.88 Å². The van der Waals surface area contributed by atoms with Crippen LogP contribution < -0.4 is 10.5 Å². The Kier molecular flexibility index (Phi) is 5.03. The standard InChI is InChI=1S/C13H10Br2N2O2S2/c14-9-2-1-3-10(7-9)21(18,19)17-12-5-4-8(13(16)20)6-11(12)15/h1-7,17H,(H2,16,20). The highest BCUT2D eigenvalue weighted by atomic mass is 79.9. The molecule has 0 aliphatic rings. The topological polar surface area (TPSA) is 72.2 Å². The van der Waals surface area contributed by atoms with Crippen LogP contribution in [-0.4, -0.2) is 13.4 Å². The molecule has 21 heavy (non-hydrogen) atoms. The van der Waals surface area contributed by atoms with Crippen LogP contribution in [0.25, 0.3) is 0 Å². The monoisotopic (exact) mass is 448 g/mol. The van der Waals surface area contributed by atoms with Gasteiger partial charge in [-0.3, -0.25) is 4.72 Å². The van der Waals surface area contributed by atoms with Crippen LogP contribution in [0, 0.1) is 0 Å². The molecule has 0 aromatic heterocycles. The van der Waals surface area contributed by atoms with Crippen LogP contribution in [0.2, 0.25) is 0 Å². The Bertz CT molecular complexity index is 808. The molecule has 3 N–H and O–H groups in total. The van der Waals surface area contributed by atoms with Crippen molar-refractivity contribution in [3.05, 3.63) is 57.0 Å². The minimum Gasteiger partial charge on any atom is -0.389 e. The van der Waals surface area contributed by atoms with Crippen LogP contribution in [0.4, 0.5) is 5.69 Å². The molecule has 2 rings (SSSR count). The quantitative estimate of drug-likeness (QED) is 0.698.